The molecule has 0 bridgehead atoms. The van der Waals surface area contributed by atoms with Crippen molar-refractivity contribution in [3.8, 4) is 0 Å². The molecule has 1 aliphatic carbocycles. The lowest BCUT2D eigenvalue weighted by atomic mass is 9.81. The van der Waals surface area contributed by atoms with Crippen LogP contribution in [0.3, 0.4) is 0 Å². The summed E-state index contributed by atoms with van der Waals surface area (Å²) in [4.78, 5) is 7.72. The van der Waals surface area contributed by atoms with Crippen LogP contribution in [0.4, 0.5) is 0 Å². The summed E-state index contributed by atoms with van der Waals surface area (Å²) >= 11 is 3.80. The summed E-state index contributed by atoms with van der Waals surface area (Å²) in [6.07, 6.45) is 4.98. The molecular formula is C17H24N2S2. The fourth-order valence-corrected chi connectivity index (χ4v) is 5.36. The second-order valence-electron chi connectivity index (χ2n) is 5.92. The Morgan fingerprint density at radius 3 is 3.00 bits per heavy atom. The van der Waals surface area contributed by atoms with Gasteiger partial charge in [-0.3, -0.25) is 0 Å². The number of fused-ring (bicyclic) bond motifs is 1. The van der Waals surface area contributed by atoms with Crippen LogP contribution in [0.25, 0.3) is 0 Å². The van der Waals surface area contributed by atoms with Crippen molar-refractivity contribution in [3.63, 3.8) is 0 Å². The normalized spacial score (nSPS) is 19.5. The maximum absolute atomic E-state index is 4.75. The van der Waals surface area contributed by atoms with Crippen LogP contribution in [-0.2, 0) is 12.8 Å². The van der Waals surface area contributed by atoms with E-state index in [1.165, 1.54) is 34.8 Å². The van der Waals surface area contributed by atoms with Gasteiger partial charge in [0.15, 0.2) is 0 Å². The van der Waals surface area contributed by atoms with Crippen LogP contribution in [0.1, 0.15) is 51.7 Å². The van der Waals surface area contributed by atoms with E-state index in [1.807, 2.05) is 22.7 Å². The van der Waals surface area contributed by atoms with Gasteiger partial charge in [-0.25, -0.2) is 4.98 Å². The minimum atomic E-state index is 0.522. The molecule has 2 atom stereocenters. The van der Waals surface area contributed by atoms with Crippen molar-refractivity contribution in [2.24, 2.45) is 0 Å². The number of nitrogens with one attached hydrogen (secondary N) is 1. The lowest BCUT2D eigenvalue weighted by molar-refractivity contribution is 0.397. The third-order valence-electron chi connectivity index (χ3n) is 4.52. The molecule has 4 heteroatoms. The molecule has 0 aromatic carbocycles. The van der Waals surface area contributed by atoms with E-state index in [9.17, 15) is 0 Å². The first-order chi connectivity index (χ1) is 10.2. The van der Waals surface area contributed by atoms with Crippen molar-refractivity contribution in [2.75, 3.05) is 6.54 Å². The lowest BCUT2D eigenvalue weighted by Gasteiger charge is -2.31. The fourth-order valence-electron chi connectivity index (χ4n) is 3.37. The molecule has 0 fully saturated rings. The highest BCUT2D eigenvalue weighted by Gasteiger charge is 2.29. The van der Waals surface area contributed by atoms with Crippen LogP contribution in [0.15, 0.2) is 11.4 Å². The van der Waals surface area contributed by atoms with Crippen LogP contribution in [-0.4, -0.2) is 17.6 Å². The van der Waals surface area contributed by atoms with Gasteiger partial charge in [0.05, 0.1) is 10.7 Å². The standard InChI is InChI=1S/C17H24N2S2/c1-4-18-15(10-17-19-11(2)12(3)21-17)13-6-5-7-16-14(13)8-9-20-16/h8-9,13,15,18H,4-7,10H2,1-3H3. The average molecular weight is 321 g/mol. The zero-order valence-corrected chi connectivity index (χ0v) is 14.7. The zero-order chi connectivity index (χ0) is 14.8. The first kappa shape index (κ1) is 15.2. The lowest BCUT2D eigenvalue weighted by Crippen LogP contribution is -2.38. The average Bonchev–Trinajstić information content (AvgIpc) is 3.05. The van der Waals surface area contributed by atoms with Gasteiger partial charge in [0, 0.05) is 28.1 Å². The van der Waals surface area contributed by atoms with Crippen molar-refractivity contribution in [2.45, 2.75) is 58.4 Å². The summed E-state index contributed by atoms with van der Waals surface area (Å²) in [5, 5.41) is 7.29. The van der Waals surface area contributed by atoms with Crippen LogP contribution in [0.5, 0.6) is 0 Å². The van der Waals surface area contributed by atoms with E-state index in [-0.39, 0.29) is 0 Å². The number of thiophene rings is 1. The number of aryl methyl sites for hydroxylation is 3. The Labute approximate surface area is 135 Å². The Kier molecular flexibility index (Phi) is 4.77. The molecule has 114 valence electrons. The summed E-state index contributed by atoms with van der Waals surface area (Å²) in [5.41, 5.74) is 2.80. The third-order valence-corrected chi connectivity index (χ3v) is 6.61. The maximum Gasteiger partial charge on any atom is 0.0946 e. The second kappa shape index (κ2) is 6.59. The summed E-state index contributed by atoms with van der Waals surface area (Å²) in [6.45, 7) is 7.54. The molecule has 2 heterocycles. The molecule has 0 saturated heterocycles. The second-order valence-corrected chi connectivity index (χ2v) is 8.20. The molecule has 21 heavy (non-hydrogen) atoms. The number of hydrogen-bond acceptors (Lipinski definition) is 4. The van der Waals surface area contributed by atoms with Gasteiger partial charge in [0.1, 0.15) is 0 Å². The van der Waals surface area contributed by atoms with Gasteiger partial charge in [0.2, 0.25) is 0 Å². The van der Waals surface area contributed by atoms with Crippen LogP contribution < -0.4 is 5.32 Å². The molecule has 0 saturated carbocycles. The Bertz CT molecular complexity index is 580. The molecule has 0 amide bonds. The van der Waals surface area contributed by atoms with Crippen molar-refractivity contribution >= 4 is 22.7 Å². The van der Waals surface area contributed by atoms with Gasteiger partial charge in [-0.1, -0.05) is 6.92 Å². The van der Waals surface area contributed by atoms with Gasteiger partial charge < -0.3 is 5.32 Å². The third kappa shape index (κ3) is 3.22. The molecule has 0 aliphatic heterocycles. The Hall–Kier alpha value is -0.710. The van der Waals surface area contributed by atoms with E-state index in [2.05, 4.69) is 37.5 Å². The topological polar surface area (TPSA) is 24.9 Å². The fraction of sp³-hybridized carbons (Fsp3) is 0.588. The number of rotatable bonds is 5. The molecular weight excluding hydrogens is 296 g/mol. The number of likely N-dealkylation sites (N-methyl/N-ethyl adjacent to an activating group) is 1. The van der Waals surface area contributed by atoms with E-state index in [0.717, 1.165) is 13.0 Å². The molecule has 1 N–H and O–H groups in total. The number of aromatic nitrogens is 1. The van der Waals surface area contributed by atoms with E-state index in [0.29, 0.717) is 12.0 Å². The van der Waals surface area contributed by atoms with E-state index in [1.54, 1.807) is 10.4 Å². The molecule has 2 aromatic rings. The van der Waals surface area contributed by atoms with Gasteiger partial charge in [-0.15, -0.1) is 22.7 Å². The minimum Gasteiger partial charge on any atom is -0.313 e. The largest absolute Gasteiger partial charge is 0.313 e. The zero-order valence-electron chi connectivity index (χ0n) is 13.1. The molecule has 2 aromatic heterocycles. The summed E-state index contributed by atoms with van der Waals surface area (Å²) < 4.78 is 0. The molecule has 2 nitrogen and oxygen atoms in total. The van der Waals surface area contributed by atoms with Gasteiger partial charge in [-0.05, 0) is 56.7 Å². The Morgan fingerprint density at radius 1 is 1.43 bits per heavy atom. The van der Waals surface area contributed by atoms with Crippen molar-refractivity contribution < 1.29 is 0 Å². The smallest absolute Gasteiger partial charge is 0.0946 e. The highest BCUT2D eigenvalue weighted by Crippen LogP contribution is 2.38. The summed E-state index contributed by atoms with van der Waals surface area (Å²) in [6, 6.07) is 2.88. The Morgan fingerprint density at radius 2 is 2.29 bits per heavy atom. The van der Waals surface area contributed by atoms with Crippen molar-refractivity contribution in [1.29, 1.82) is 0 Å². The predicted octanol–water partition coefficient (Wildman–Crippen LogP) is 4.46. The monoisotopic (exact) mass is 320 g/mol. The molecule has 0 spiro atoms. The van der Waals surface area contributed by atoms with Gasteiger partial charge in [-0.2, -0.15) is 0 Å². The maximum atomic E-state index is 4.75. The summed E-state index contributed by atoms with van der Waals surface area (Å²) in [5.74, 6) is 0.657. The van der Waals surface area contributed by atoms with Crippen LogP contribution in [0, 0.1) is 13.8 Å². The van der Waals surface area contributed by atoms with Gasteiger partial charge >= 0.3 is 0 Å². The number of nitrogens with zero attached hydrogens (tertiary/aromatic N) is 1. The minimum absolute atomic E-state index is 0.522. The Balaban J connectivity index is 1.82. The molecule has 0 radical (unpaired) electrons. The molecule has 1 aliphatic rings. The SMILES string of the molecule is CCNC(Cc1nc(C)c(C)s1)C1CCCc2sccc21. The predicted molar refractivity (Wildman–Crippen MR) is 92.8 cm³/mol. The highest BCUT2D eigenvalue weighted by atomic mass is 32.1. The summed E-state index contributed by atoms with van der Waals surface area (Å²) in [7, 11) is 0. The van der Waals surface area contributed by atoms with E-state index in [4.69, 9.17) is 4.98 Å². The first-order valence-electron chi connectivity index (χ1n) is 7.91. The number of hydrogen-bond donors (Lipinski definition) is 1. The van der Waals surface area contributed by atoms with E-state index >= 15 is 0 Å². The molecule has 3 rings (SSSR count). The quantitative estimate of drug-likeness (QED) is 0.879. The van der Waals surface area contributed by atoms with Crippen LogP contribution >= 0.6 is 22.7 Å². The van der Waals surface area contributed by atoms with E-state index < -0.39 is 0 Å². The van der Waals surface area contributed by atoms with Crippen molar-refractivity contribution in [1.82, 2.24) is 10.3 Å². The molecule has 2 unspecified atom stereocenters. The first-order valence-corrected chi connectivity index (χ1v) is 9.61. The number of thiazole rings is 1. The van der Waals surface area contributed by atoms with Gasteiger partial charge in [0.25, 0.3) is 0 Å². The van der Waals surface area contributed by atoms with Crippen molar-refractivity contribution in [3.05, 3.63) is 37.5 Å². The highest BCUT2D eigenvalue weighted by molar-refractivity contribution is 7.11. The van der Waals surface area contributed by atoms with Crippen LogP contribution in [0.2, 0.25) is 0 Å².